The van der Waals surface area contributed by atoms with Gasteiger partial charge in [0, 0.05) is 40.7 Å². The van der Waals surface area contributed by atoms with Crippen LogP contribution >= 0.6 is 11.8 Å². The number of ketones is 1. The van der Waals surface area contributed by atoms with Crippen molar-refractivity contribution in [1.29, 1.82) is 0 Å². The van der Waals surface area contributed by atoms with E-state index < -0.39 is 0 Å². The summed E-state index contributed by atoms with van der Waals surface area (Å²) in [5.74, 6) is 0.186. The quantitative estimate of drug-likeness (QED) is 0.338. The molecule has 7 nitrogen and oxygen atoms in total. The van der Waals surface area contributed by atoms with Gasteiger partial charge in [0.25, 0.3) is 0 Å². The fourth-order valence-corrected chi connectivity index (χ4v) is 4.35. The molecule has 0 spiro atoms. The summed E-state index contributed by atoms with van der Waals surface area (Å²) in [4.78, 5) is 28.8. The second-order valence-corrected chi connectivity index (χ2v) is 8.32. The molecule has 0 fully saturated rings. The molecule has 0 saturated carbocycles. The molecule has 1 N–H and O–H groups in total. The third-order valence-electron chi connectivity index (χ3n) is 5.43. The van der Waals surface area contributed by atoms with Crippen molar-refractivity contribution in [3.8, 4) is 5.69 Å². The van der Waals surface area contributed by atoms with E-state index >= 15 is 0 Å². The van der Waals surface area contributed by atoms with Crippen LogP contribution < -0.4 is 5.56 Å². The molecule has 5 aromatic rings. The first-order valence-corrected chi connectivity index (χ1v) is 10.8. The maximum absolute atomic E-state index is 13.0. The smallest absolute Gasteiger partial charge is 0.300 e. The molecule has 31 heavy (non-hydrogen) atoms. The highest BCUT2D eigenvalue weighted by Crippen LogP contribution is 2.22. The molecular formula is C23H19N5O2S. The van der Waals surface area contributed by atoms with Crippen LogP contribution in [0.1, 0.15) is 21.5 Å². The molecule has 0 radical (unpaired) electrons. The van der Waals surface area contributed by atoms with Crippen LogP contribution in [0.2, 0.25) is 0 Å². The Bertz CT molecular complexity index is 1510. The number of aromatic nitrogens is 5. The van der Waals surface area contributed by atoms with E-state index in [9.17, 15) is 9.59 Å². The van der Waals surface area contributed by atoms with Gasteiger partial charge in [-0.3, -0.25) is 18.6 Å². The third kappa shape index (κ3) is 3.34. The van der Waals surface area contributed by atoms with Crippen molar-refractivity contribution in [2.24, 2.45) is 0 Å². The summed E-state index contributed by atoms with van der Waals surface area (Å²) < 4.78 is 3.19. The number of nitrogens with zero attached hydrogens (tertiary/aromatic N) is 4. The number of carbonyl (C=O) groups excluding carboxylic acids is 1. The molecule has 0 amide bonds. The van der Waals surface area contributed by atoms with E-state index in [1.54, 1.807) is 27.6 Å². The molecule has 0 unspecified atom stereocenters. The number of carbonyl (C=O) groups is 1. The van der Waals surface area contributed by atoms with Crippen LogP contribution in [0.4, 0.5) is 0 Å². The molecule has 0 atom stereocenters. The van der Waals surface area contributed by atoms with Crippen LogP contribution in [-0.2, 0) is 0 Å². The highest BCUT2D eigenvalue weighted by molar-refractivity contribution is 7.99. The Hall–Kier alpha value is -3.65. The normalized spacial score (nSPS) is 11.4. The minimum Gasteiger partial charge on any atom is -0.360 e. The number of para-hydroxylation sites is 1. The highest BCUT2D eigenvalue weighted by Gasteiger charge is 2.16. The molecule has 8 heteroatoms. The van der Waals surface area contributed by atoms with Gasteiger partial charge < -0.3 is 4.98 Å². The van der Waals surface area contributed by atoms with Crippen molar-refractivity contribution in [3.05, 3.63) is 88.1 Å². The summed E-state index contributed by atoms with van der Waals surface area (Å²) >= 11 is 1.26. The number of nitrogens with one attached hydrogen (secondary N) is 1. The summed E-state index contributed by atoms with van der Waals surface area (Å²) in [5.41, 5.74) is 4.60. The Morgan fingerprint density at radius 3 is 2.74 bits per heavy atom. The van der Waals surface area contributed by atoms with Crippen LogP contribution in [0.3, 0.4) is 0 Å². The fourth-order valence-electron chi connectivity index (χ4n) is 3.55. The Kier molecular flexibility index (Phi) is 4.71. The molecule has 0 bridgehead atoms. The van der Waals surface area contributed by atoms with Crippen molar-refractivity contribution in [2.75, 3.05) is 5.75 Å². The summed E-state index contributed by atoms with van der Waals surface area (Å²) in [6.45, 7) is 4.05. The molecule has 154 valence electrons. The Morgan fingerprint density at radius 1 is 1.06 bits per heavy atom. The second-order valence-electron chi connectivity index (χ2n) is 7.38. The fraction of sp³-hybridized carbons (Fsp3) is 0.130. The summed E-state index contributed by atoms with van der Waals surface area (Å²) in [7, 11) is 0. The lowest BCUT2D eigenvalue weighted by molar-refractivity contribution is 0.102. The van der Waals surface area contributed by atoms with Gasteiger partial charge in [0.2, 0.25) is 5.65 Å². The maximum atomic E-state index is 13.0. The minimum absolute atomic E-state index is 0.0114. The second kappa shape index (κ2) is 7.55. The van der Waals surface area contributed by atoms with Crippen LogP contribution in [0.15, 0.2) is 71.0 Å². The first-order valence-electron chi connectivity index (χ1n) is 9.79. The first kappa shape index (κ1) is 19.3. The van der Waals surface area contributed by atoms with Gasteiger partial charge in [-0.25, -0.2) is 0 Å². The van der Waals surface area contributed by atoms with E-state index in [1.165, 1.54) is 17.3 Å². The summed E-state index contributed by atoms with van der Waals surface area (Å²) in [6, 6.07) is 13.6. The predicted molar refractivity (Wildman–Crippen MR) is 121 cm³/mol. The van der Waals surface area contributed by atoms with Crippen molar-refractivity contribution >= 4 is 34.1 Å². The van der Waals surface area contributed by atoms with Crippen molar-refractivity contribution in [1.82, 2.24) is 24.1 Å². The minimum atomic E-state index is -0.256. The number of hydrogen-bond donors (Lipinski definition) is 1. The zero-order chi connectivity index (χ0) is 21.5. The molecule has 0 aliphatic rings. The zero-order valence-corrected chi connectivity index (χ0v) is 17.8. The van der Waals surface area contributed by atoms with Crippen molar-refractivity contribution in [2.45, 2.75) is 19.0 Å². The molecule has 3 aromatic heterocycles. The van der Waals surface area contributed by atoms with Gasteiger partial charge in [0.1, 0.15) is 0 Å². The van der Waals surface area contributed by atoms with E-state index in [-0.39, 0.29) is 22.7 Å². The van der Waals surface area contributed by atoms with Gasteiger partial charge in [-0.1, -0.05) is 36.0 Å². The van der Waals surface area contributed by atoms with Gasteiger partial charge in [-0.2, -0.15) is 0 Å². The van der Waals surface area contributed by atoms with E-state index in [2.05, 4.69) is 15.2 Å². The number of fused-ring (bicyclic) bond motifs is 2. The highest BCUT2D eigenvalue weighted by atomic mass is 32.2. The Labute approximate surface area is 181 Å². The number of benzene rings is 2. The van der Waals surface area contributed by atoms with Gasteiger partial charge in [-0.15, -0.1) is 10.2 Å². The lowest BCUT2D eigenvalue weighted by atomic mass is 10.1. The van der Waals surface area contributed by atoms with Gasteiger partial charge >= 0.3 is 5.56 Å². The molecule has 0 aliphatic heterocycles. The lowest BCUT2D eigenvalue weighted by Crippen LogP contribution is -2.20. The topological polar surface area (TPSA) is 85.1 Å². The number of Topliss-reactive ketones (excluding diaryl/α,β-unsaturated/α-hetero) is 1. The van der Waals surface area contributed by atoms with Gasteiger partial charge in [0.15, 0.2) is 10.9 Å². The largest absolute Gasteiger partial charge is 0.360 e. The lowest BCUT2D eigenvalue weighted by Gasteiger charge is -2.08. The van der Waals surface area contributed by atoms with Crippen molar-refractivity contribution in [3.63, 3.8) is 0 Å². The molecule has 0 saturated heterocycles. The van der Waals surface area contributed by atoms with Crippen LogP contribution in [0.25, 0.3) is 22.2 Å². The predicted octanol–water partition coefficient (Wildman–Crippen LogP) is 3.95. The Morgan fingerprint density at radius 2 is 1.90 bits per heavy atom. The Balaban J connectivity index is 1.42. The van der Waals surface area contributed by atoms with Crippen LogP contribution in [-0.4, -0.2) is 35.7 Å². The van der Waals surface area contributed by atoms with Crippen LogP contribution in [0, 0.1) is 13.8 Å². The SMILES string of the molecule is Cc1ccc(-n2ccn3c(SCC(=O)c4c[nH]c5ccccc45)nnc3c2=O)cc1C. The van der Waals surface area contributed by atoms with Gasteiger partial charge in [0.05, 0.1) is 5.75 Å². The number of aromatic amines is 1. The molecule has 3 heterocycles. The van der Waals surface area contributed by atoms with Crippen molar-refractivity contribution < 1.29 is 4.79 Å². The third-order valence-corrected chi connectivity index (χ3v) is 6.37. The standard InChI is InChI=1S/C23H19N5O2S/c1-14-7-8-16(11-15(14)2)27-9-10-28-21(22(27)30)25-26-23(28)31-13-20(29)18-12-24-19-6-4-3-5-17(18)19/h3-12,24H,13H2,1-2H3. The molecule has 0 aliphatic carbocycles. The average molecular weight is 430 g/mol. The van der Waals surface area contributed by atoms with E-state index in [0.29, 0.717) is 10.7 Å². The molecule has 5 rings (SSSR count). The number of hydrogen-bond acceptors (Lipinski definition) is 5. The number of rotatable bonds is 5. The number of aryl methyl sites for hydroxylation is 2. The number of thioether (sulfide) groups is 1. The average Bonchev–Trinajstić information content (AvgIpc) is 3.39. The van der Waals surface area contributed by atoms with E-state index in [0.717, 1.165) is 22.2 Å². The maximum Gasteiger partial charge on any atom is 0.300 e. The van der Waals surface area contributed by atoms with E-state index in [4.69, 9.17) is 0 Å². The van der Waals surface area contributed by atoms with Gasteiger partial charge in [-0.05, 0) is 43.2 Å². The zero-order valence-electron chi connectivity index (χ0n) is 17.0. The molecular weight excluding hydrogens is 410 g/mol. The summed E-state index contributed by atoms with van der Waals surface area (Å²) in [5, 5.41) is 9.62. The first-order chi connectivity index (χ1) is 15.0. The summed E-state index contributed by atoms with van der Waals surface area (Å²) in [6.07, 6.45) is 5.19. The van der Waals surface area contributed by atoms with E-state index in [1.807, 2.05) is 56.3 Å². The van der Waals surface area contributed by atoms with Crippen LogP contribution in [0.5, 0.6) is 0 Å². The monoisotopic (exact) mass is 429 g/mol. The molecule has 2 aromatic carbocycles. The number of H-pyrrole nitrogens is 1.